The average molecular weight is 533 g/mol. The molecule has 2 saturated heterocycles. The normalized spacial score (nSPS) is 23.1. The lowest BCUT2D eigenvalue weighted by atomic mass is 9.63. The van der Waals surface area contributed by atoms with Gasteiger partial charge in [-0.05, 0) is 68.2 Å². The van der Waals surface area contributed by atoms with Gasteiger partial charge in [-0.3, -0.25) is 4.57 Å². The van der Waals surface area contributed by atoms with Gasteiger partial charge in [0.05, 0.1) is 16.7 Å². The molecule has 2 aliphatic heterocycles. The van der Waals surface area contributed by atoms with Crippen LogP contribution in [0.4, 0.5) is 5.69 Å². The number of fused-ring (bicyclic) bond motifs is 3. The lowest BCUT2D eigenvalue weighted by molar-refractivity contribution is 0.0901. The van der Waals surface area contributed by atoms with E-state index in [1.54, 1.807) is 0 Å². The number of para-hydroxylation sites is 3. The second-order valence-electron chi connectivity index (χ2n) is 12.3. The first-order valence-corrected chi connectivity index (χ1v) is 15.1. The first kappa shape index (κ1) is 23.3. The summed E-state index contributed by atoms with van der Waals surface area (Å²) in [5.74, 6) is 3.54. The molecule has 4 heterocycles. The molecule has 2 aliphatic carbocycles. The quantitative estimate of drug-likeness (QED) is 0.228. The fraction of sp³-hybridized carbons (Fsp3) is 0.243. The van der Waals surface area contributed by atoms with Gasteiger partial charge in [-0.1, -0.05) is 78.9 Å². The Morgan fingerprint density at radius 3 is 1.83 bits per heavy atom. The van der Waals surface area contributed by atoms with Gasteiger partial charge >= 0.3 is 0 Å². The van der Waals surface area contributed by atoms with Crippen molar-refractivity contribution in [3.63, 3.8) is 0 Å². The van der Waals surface area contributed by atoms with Crippen LogP contribution >= 0.6 is 0 Å². The average Bonchev–Trinajstić information content (AvgIpc) is 3.36. The van der Waals surface area contributed by atoms with Gasteiger partial charge in [-0.2, -0.15) is 0 Å². The molecular weight excluding hydrogens is 500 g/mol. The van der Waals surface area contributed by atoms with Crippen molar-refractivity contribution < 1.29 is 0 Å². The standard InChI is InChI=1S/C37H32N4/c1-2-10-26(11-3-1)32-23-36(41-33-15-7-4-12-29(33)30-13-5-8-16-34(30)41)39-37(38-32)31-14-6-9-17-35(31)40-27-19-24-18-25(21-27)22-28(40)20-24/h1-17,23-25,27-28H,18-22H2. The van der Waals surface area contributed by atoms with Crippen LogP contribution in [0.5, 0.6) is 0 Å². The Labute approximate surface area is 240 Å². The molecule has 4 heteroatoms. The number of aromatic nitrogens is 3. The number of anilines is 1. The fourth-order valence-electron chi connectivity index (χ4n) is 8.41. The highest BCUT2D eigenvalue weighted by atomic mass is 15.2. The molecule has 41 heavy (non-hydrogen) atoms. The van der Waals surface area contributed by atoms with Crippen LogP contribution in [0.1, 0.15) is 32.1 Å². The summed E-state index contributed by atoms with van der Waals surface area (Å²) in [6, 6.07) is 40.2. The van der Waals surface area contributed by atoms with Crippen molar-refractivity contribution in [1.29, 1.82) is 0 Å². The predicted octanol–water partition coefficient (Wildman–Crippen LogP) is 8.68. The topological polar surface area (TPSA) is 34.0 Å². The van der Waals surface area contributed by atoms with E-state index in [0.717, 1.165) is 51.3 Å². The van der Waals surface area contributed by atoms with Gasteiger partial charge in [0.25, 0.3) is 0 Å². The van der Waals surface area contributed by atoms with Crippen molar-refractivity contribution in [3.05, 3.63) is 109 Å². The van der Waals surface area contributed by atoms with Crippen LogP contribution < -0.4 is 4.90 Å². The summed E-state index contributed by atoms with van der Waals surface area (Å²) in [5, 5.41) is 2.48. The molecule has 4 aromatic carbocycles. The van der Waals surface area contributed by atoms with E-state index in [4.69, 9.17) is 9.97 Å². The summed E-state index contributed by atoms with van der Waals surface area (Å²) in [6.07, 6.45) is 6.78. The minimum absolute atomic E-state index is 0.640. The van der Waals surface area contributed by atoms with Crippen LogP contribution in [-0.2, 0) is 0 Å². The highest BCUT2D eigenvalue weighted by Crippen LogP contribution is 2.51. The van der Waals surface area contributed by atoms with E-state index in [1.165, 1.54) is 48.6 Å². The maximum Gasteiger partial charge on any atom is 0.164 e. The monoisotopic (exact) mass is 532 g/mol. The van der Waals surface area contributed by atoms with Crippen molar-refractivity contribution in [2.24, 2.45) is 11.8 Å². The van der Waals surface area contributed by atoms with E-state index in [1.807, 2.05) is 0 Å². The minimum atomic E-state index is 0.640. The Bertz CT molecular complexity index is 1840. The van der Waals surface area contributed by atoms with Crippen molar-refractivity contribution in [3.8, 4) is 28.5 Å². The molecule has 0 radical (unpaired) electrons. The minimum Gasteiger partial charge on any atom is -0.365 e. The molecule has 4 fully saturated rings. The number of hydrogen-bond acceptors (Lipinski definition) is 3. The second kappa shape index (κ2) is 9.04. The highest BCUT2D eigenvalue weighted by Gasteiger charge is 2.47. The van der Waals surface area contributed by atoms with Crippen LogP contribution in [0.15, 0.2) is 109 Å². The number of rotatable bonds is 4. The molecule has 0 N–H and O–H groups in total. The molecule has 2 saturated carbocycles. The maximum absolute atomic E-state index is 5.37. The van der Waals surface area contributed by atoms with E-state index in [-0.39, 0.29) is 0 Å². The van der Waals surface area contributed by atoms with Crippen LogP contribution in [0.2, 0.25) is 0 Å². The Morgan fingerprint density at radius 2 is 1.15 bits per heavy atom. The van der Waals surface area contributed by atoms with E-state index < -0.39 is 0 Å². The van der Waals surface area contributed by atoms with Crippen LogP contribution in [0, 0.1) is 11.8 Å². The van der Waals surface area contributed by atoms with E-state index in [2.05, 4.69) is 119 Å². The Kier molecular flexibility index (Phi) is 5.13. The first-order valence-electron chi connectivity index (χ1n) is 15.1. The Morgan fingerprint density at radius 1 is 0.561 bits per heavy atom. The third kappa shape index (κ3) is 3.66. The molecule has 2 aromatic heterocycles. The van der Waals surface area contributed by atoms with Gasteiger partial charge in [0.1, 0.15) is 5.82 Å². The van der Waals surface area contributed by atoms with Gasteiger partial charge in [0, 0.05) is 45.7 Å². The zero-order chi connectivity index (χ0) is 26.9. The molecule has 0 unspecified atom stereocenters. The van der Waals surface area contributed by atoms with Gasteiger partial charge < -0.3 is 4.90 Å². The lowest BCUT2D eigenvalue weighted by Crippen LogP contribution is -2.58. The largest absolute Gasteiger partial charge is 0.365 e. The number of hydrogen-bond donors (Lipinski definition) is 0. The number of benzene rings is 4. The lowest BCUT2D eigenvalue weighted by Gasteiger charge is -2.57. The van der Waals surface area contributed by atoms with Gasteiger partial charge in [0.2, 0.25) is 0 Å². The Balaban J connectivity index is 1.28. The number of piperidine rings is 2. The van der Waals surface area contributed by atoms with E-state index in [9.17, 15) is 0 Å². The van der Waals surface area contributed by atoms with Crippen LogP contribution in [0.25, 0.3) is 50.3 Å². The third-order valence-electron chi connectivity index (χ3n) is 9.89. The molecule has 200 valence electrons. The summed E-state index contributed by atoms with van der Waals surface area (Å²) < 4.78 is 2.31. The third-order valence-corrected chi connectivity index (χ3v) is 9.89. The molecule has 10 rings (SSSR count). The molecular formula is C37H32N4. The van der Waals surface area contributed by atoms with Crippen molar-refractivity contribution in [2.75, 3.05) is 4.90 Å². The summed E-state index contributed by atoms with van der Waals surface area (Å²) in [7, 11) is 0. The van der Waals surface area contributed by atoms with E-state index >= 15 is 0 Å². The second-order valence-corrected chi connectivity index (χ2v) is 12.3. The van der Waals surface area contributed by atoms with Crippen LogP contribution in [-0.4, -0.2) is 26.6 Å². The zero-order valence-corrected chi connectivity index (χ0v) is 23.0. The Hall–Kier alpha value is -4.44. The molecule has 0 atom stereocenters. The SMILES string of the molecule is c1ccc(-c2cc(-n3c4ccccc4c4ccccc43)nc(-c3ccccc3N3C4CC5CC(C4)CC3C5)n2)cc1. The first-order chi connectivity index (χ1) is 20.3. The molecule has 4 nitrogen and oxygen atoms in total. The van der Waals surface area contributed by atoms with Crippen molar-refractivity contribution >= 4 is 27.5 Å². The smallest absolute Gasteiger partial charge is 0.164 e. The zero-order valence-electron chi connectivity index (χ0n) is 23.0. The summed E-state index contributed by atoms with van der Waals surface area (Å²) in [4.78, 5) is 13.4. The predicted molar refractivity (Wildman–Crippen MR) is 167 cm³/mol. The summed E-state index contributed by atoms with van der Waals surface area (Å²) in [5.41, 5.74) is 6.82. The number of nitrogens with zero attached hydrogens (tertiary/aromatic N) is 4. The molecule has 0 amide bonds. The van der Waals surface area contributed by atoms with E-state index in [0.29, 0.717) is 12.1 Å². The fourth-order valence-corrected chi connectivity index (χ4v) is 8.41. The molecule has 4 aliphatic rings. The van der Waals surface area contributed by atoms with Crippen molar-refractivity contribution in [1.82, 2.24) is 14.5 Å². The highest BCUT2D eigenvalue weighted by molar-refractivity contribution is 6.09. The maximum atomic E-state index is 5.37. The van der Waals surface area contributed by atoms with Crippen LogP contribution in [0.3, 0.4) is 0 Å². The molecule has 6 aromatic rings. The van der Waals surface area contributed by atoms with Gasteiger partial charge in [0.15, 0.2) is 5.82 Å². The van der Waals surface area contributed by atoms with Gasteiger partial charge in [-0.25, -0.2) is 9.97 Å². The summed E-state index contributed by atoms with van der Waals surface area (Å²) in [6.45, 7) is 0. The molecule has 0 spiro atoms. The van der Waals surface area contributed by atoms with Crippen molar-refractivity contribution in [2.45, 2.75) is 44.2 Å². The van der Waals surface area contributed by atoms with Gasteiger partial charge in [-0.15, -0.1) is 0 Å². The molecule has 4 bridgehead atoms. The summed E-state index contributed by atoms with van der Waals surface area (Å²) >= 11 is 0.